The van der Waals surface area contributed by atoms with Crippen molar-refractivity contribution in [1.29, 1.82) is 0 Å². The number of fused-ring (bicyclic) bond motifs is 1. The van der Waals surface area contributed by atoms with Crippen LogP contribution in [0.15, 0.2) is 42.5 Å². The Bertz CT molecular complexity index is 1240. The van der Waals surface area contributed by atoms with E-state index >= 15 is 0 Å². The van der Waals surface area contributed by atoms with Gasteiger partial charge < -0.3 is 25.2 Å². The van der Waals surface area contributed by atoms with Crippen LogP contribution in [0.2, 0.25) is 0 Å². The van der Waals surface area contributed by atoms with Crippen molar-refractivity contribution in [3.05, 3.63) is 64.7 Å². The highest BCUT2D eigenvalue weighted by molar-refractivity contribution is 6.02. The lowest BCUT2D eigenvalue weighted by molar-refractivity contribution is 0.0842. The van der Waals surface area contributed by atoms with E-state index in [9.17, 15) is 25.2 Å². The highest BCUT2D eigenvalue weighted by Gasteiger charge is 2.33. The van der Waals surface area contributed by atoms with Crippen molar-refractivity contribution in [2.75, 3.05) is 0 Å². The minimum Gasteiger partial charge on any atom is -0.508 e. The first kappa shape index (κ1) is 21.6. The molecule has 1 heterocycles. The summed E-state index contributed by atoms with van der Waals surface area (Å²) in [6.07, 6.45) is -0.957. The molecule has 4 N–H and O–H groups in total. The molecular formula is C26H26O6. The summed E-state index contributed by atoms with van der Waals surface area (Å²) in [6.45, 7) is 8.21. The minimum atomic E-state index is -0.849. The Morgan fingerprint density at radius 3 is 2.28 bits per heavy atom. The van der Waals surface area contributed by atoms with Crippen molar-refractivity contribution in [2.45, 2.75) is 45.6 Å². The molecule has 0 saturated heterocycles. The summed E-state index contributed by atoms with van der Waals surface area (Å²) in [5.41, 5.74) is 3.54. The predicted molar refractivity (Wildman–Crippen MR) is 121 cm³/mol. The third-order valence-corrected chi connectivity index (χ3v) is 5.75. The smallest absolute Gasteiger partial charge is 0.174 e. The summed E-state index contributed by atoms with van der Waals surface area (Å²) in [6, 6.07) is 11.3. The molecule has 0 spiro atoms. The molecule has 4 rings (SSSR count). The molecule has 0 saturated carbocycles. The number of ether oxygens (including phenoxy) is 1. The molecule has 32 heavy (non-hydrogen) atoms. The van der Waals surface area contributed by atoms with Gasteiger partial charge in [0.1, 0.15) is 40.4 Å². The van der Waals surface area contributed by atoms with Gasteiger partial charge in [-0.25, -0.2) is 0 Å². The predicted octanol–water partition coefficient (Wildman–Crippen LogP) is 5.49. The number of ketones is 1. The molecule has 1 unspecified atom stereocenters. The second-order valence-corrected chi connectivity index (χ2v) is 9.30. The molecule has 6 nitrogen and oxygen atoms in total. The number of benzene rings is 3. The Morgan fingerprint density at radius 1 is 0.875 bits per heavy atom. The monoisotopic (exact) mass is 434 g/mol. The Labute approximate surface area is 186 Å². The van der Waals surface area contributed by atoms with E-state index < -0.39 is 6.10 Å². The Hall–Kier alpha value is -3.67. The van der Waals surface area contributed by atoms with Crippen LogP contribution in [-0.2, 0) is 5.41 Å². The fourth-order valence-electron chi connectivity index (χ4n) is 4.20. The van der Waals surface area contributed by atoms with Crippen LogP contribution in [0.1, 0.15) is 60.3 Å². The van der Waals surface area contributed by atoms with Gasteiger partial charge in [0, 0.05) is 29.3 Å². The second kappa shape index (κ2) is 7.48. The van der Waals surface area contributed by atoms with Gasteiger partial charge in [-0.3, -0.25) is 4.79 Å². The number of Topliss-reactive ketones (excluding diaryl/α,β-unsaturated/α-hetero) is 1. The molecule has 0 aromatic heterocycles. The van der Waals surface area contributed by atoms with Gasteiger partial charge in [-0.05, 0) is 29.5 Å². The molecule has 3 aromatic carbocycles. The lowest BCUT2D eigenvalue weighted by Gasteiger charge is -2.28. The van der Waals surface area contributed by atoms with Crippen molar-refractivity contribution >= 4 is 5.78 Å². The molecule has 1 aliphatic rings. The molecule has 6 heteroatoms. The number of phenols is 4. The van der Waals surface area contributed by atoms with Gasteiger partial charge in [-0.1, -0.05) is 44.5 Å². The summed E-state index contributed by atoms with van der Waals surface area (Å²) in [5.74, 6) is -1.20. The standard InChI is InChI=1S/C26H26O6/c1-13-5-6-18(26(2,3)4)15(7-13)16-10-17(20(29)11-19(16)28)23-12-22(31)25-21(30)8-14(27)9-24(25)32-23/h5-11,23,27-30H,12H2,1-4H3. The van der Waals surface area contributed by atoms with Crippen LogP contribution in [0.25, 0.3) is 11.1 Å². The van der Waals surface area contributed by atoms with Gasteiger partial charge in [0.15, 0.2) is 5.78 Å². The van der Waals surface area contributed by atoms with Crippen molar-refractivity contribution in [3.63, 3.8) is 0 Å². The molecule has 1 atom stereocenters. The van der Waals surface area contributed by atoms with Crippen LogP contribution in [0.3, 0.4) is 0 Å². The SMILES string of the molecule is Cc1ccc(C(C)(C)C)c(-c2cc(C3CC(=O)c4c(O)cc(O)cc4O3)c(O)cc2O)c1. The lowest BCUT2D eigenvalue weighted by Crippen LogP contribution is -2.20. The minimum absolute atomic E-state index is 0.00578. The fourth-order valence-corrected chi connectivity index (χ4v) is 4.20. The van der Waals surface area contributed by atoms with E-state index in [0.29, 0.717) is 11.1 Å². The van der Waals surface area contributed by atoms with Crippen LogP contribution in [0.4, 0.5) is 0 Å². The number of phenolic OH excluding ortho intramolecular Hbond substituents is 4. The number of hydrogen-bond donors (Lipinski definition) is 4. The van der Waals surface area contributed by atoms with Gasteiger partial charge >= 0.3 is 0 Å². The average Bonchev–Trinajstić information content (AvgIpc) is 2.66. The first-order chi connectivity index (χ1) is 15.0. The summed E-state index contributed by atoms with van der Waals surface area (Å²) >= 11 is 0. The van der Waals surface area contributed by atoms with Gasteiger partial charge in [-0.15, -0.1) is 0 Å². The molecule has 1 aliphatic heterocycles. The lowest BCUT2D eigenvalue weighted by atomic mass is 9.80. The number of carbonyl (C=O) groups is 1. The van der Waals surface area contributed by atoms with Crippen LogP contribution >= 0.6 is 0 Å². The maximum absolute atomic E-state index is 12.7. The number of carbonyl (C=O) groups excluding carboxylic acids is 1. The Kier molecular flexibility index (Phi) is 5.04. The maximum Gasteiger partial charge on any atom is 0.174 e. The molecule has 0 radical (unpaired) electrons. The van der Waals surface area contributed by atoms with Crippen LogP contribution in [-0.4, -0.2) is 26.2 Å². The van der Waals surface area contributed by atoms with E-state index in [1.165, 1.54) is 12.1 Å². The molecule has 0 bridgehead atoms. The summed E-state index contributed by atoms with van der Waals surface area (Å²) < 4.78 is 5.90. The third kappa shape index (κ3) is 3.73. The fraction of sp³-hybridized carbons (Fsp3) is 0.269. The van der Waals surface area contributed by atoms with Crippen molar-refractivity contribution in [2.24, 2.45) is 0 Å². The average molecular weight is 434 g/mol. The van der Waals surface area contributed by atoms with E-state index in [2.05, 4.69) is 20.8 Å². The summed E-state index contributed by atoms with van der Waals surface area (Å²) in [7, 11) is 0. The zero-order valence-electron chi connectivity index (χ0n) is 18.4. The van der Waals surface area contributed by atoms with E-state index in [0.717, 1.165) is 22.8 Å². The van der Waals surface area contributed by atoms with Crippen molar-refractivity contribution < 1.29 is 30.0 Å². The van der Waals surface area contributed by atoms with Gasteiger partial charge in [0.2, 0.25) is 0 Å². The second-order valence-electron chi connectivity index (χ2n) is 9.30. The van der Waals surface area contributed by atoms with Crippen molar-refractivity contribution in [1.82, 2.24) is 0 Å². The molecule has 0 amide bonds. The molecule has 0 aliphatic carbocycles. The number of hydrogen-bond acceptors (Lipinski definition) is 6. The van der Waals surface area contributed by atoms with Crippen LogP contribution in [0, 0.1) is 6.92 Å². The Morgan fingerprint density at radius 2 is 1.59 bits per heavy atom. The number of aromatic hydroxyl groups is 4. The topological polar surface area (TPSA) is 107 Å². The van der Waals surface area contributed by atoms with Gasteiger partial charge in [0.05, 0.1) is 6.42 Å². The molecular weight excluding hydrogens is 408 g/mol. The van der Waals surface area contributed by atoms with Crippen LogP contribution in [0.5, 0.6) is 28.7 Å². The van der Waals surface area contributed by atoms with E-state index in [1.54, 1.807) is 6.07 Å². The number of rotatable bonds is 2. The van der Waals surface area contributed by atoms with Gasteiger partial charge in [0.25, 0.3) is 0 Å². The largest absolute Gasteiger partial charge is 0.508 e. The van der Waals surface area contributed by atoms with Crippen molar-refractivity contribution in [3.8, 4) is 39.9 Å². The quantitative estimate of drug-likeness (QED) is 0.425. The summed E-state index contributed by atoms with van der Waals surface area (Å²) in [5, 5.41) is 41.1. The molecule has 0 fully saturated rings. The zero-order chi connectivity index (χ0) is 23.4. The molecule has 166 valence electrons. The number of aryl methyl sites for hydroxylation is 1. The van der Waals surface area contributed by atoms with Gasteiger partial charge in [-0.2, -0.15) is 0 Å². The Balaban J connectivity index is 1.85. The van der Waals surface area contributed by atoms with Crippen LogP contribution < -0.4 is 4.74 Å². The summed E-state index contributed by atoms with van der Waals surface area (Å²) in [4.78, 5) is 12.7. The first-order valence-corrected chi connectivity index (χ1v) is 10.4. The maximum atomic E-state index is 12.7. The third-order valence-electron chi connectivity index (χ3n) is 5.75. The molecule has 3 aromatic rings. The normalized spacial score (nSPS) is 15.9. The van der Waals surface area contributed by atoms with E-state index in [-0.39, 0.29) is 51.9 Å². The van der Waals surface area contributed by atoms with E-state index in [4.69, 9.17) is 4.74 Å². The zero-order valence-corrected chi connectivity index (χ0v) is 18.4. The highest BCUT2D eigenvalue weighted by atomic mass is 16.5. The highest BCUT2D eigenvalue weighted by Crippen LogP contribution is 2.46. The first-order valence-electron chi connectivity index (χ1n) is 10.4. The van der Waals surface area contributed by atoms with E-state index in [1.807, 2.05) is 25.1 Å².